The second-order valence-electron chi connectivity index (χ2n) is 6.21. The smallest absolute Gasteiger partial charge is 0.230 e. The molecule has 4 nitrogen and oxygen atoms in total. The first-order valence-electron chi connectivity index (χ1n) is 8.32. The first-order valence-corrected chi connectivity index (χ1v) is 9.58. The molecule has 0 saturated carbocycles. The predicted octanol–water partition coefficient (Wildman–Crippen LogP) is 4.27. The van der Waals surface area contributed by atoms with Gasteiger partial charge in [-0.2, -0.15) is 0 Å². The number of nitrogens with one attached hydrogen (secondary N) is 1. The Balaban J connectivity index is 1.56. The summed E-state index contributed by atoms with van der Waals surface area (Å²) in [5, 5.41) is 6.66. The van der Waals surface area contributed by atoms with E-state index in [4.69, 9.17) is 11.6 Å². The molecule has 2 aromatic rings. The van der Waals surface area contributed by atoms with Gasteiger partial charge in [-0.15, -0.1) is 11.3 Å². The van der Waals surface area contributed by atoms with Gasteiger partial charge in [-0.25, -0.2) is 4.98 Å². The zero-order valence-corrected chi connectivity index (χ0v) is 15.4. The van der Waals surface area contributed by atoms with Crippen LogP contribution in [0, 0.1) is 6.92 Å². The molecule has 0 bridgehead atoms. The van der Waals surface area contributed by atoms with E-state index >= 15 is 0 Å². The highest BCUT2D eigenvalue weighted by Crippen LogP contribution is 2.23. The van der Waals surface area contributed by atoms with Crippen LogP contribution in [0.4, 0.5) is 5.69 Å². The minimum absolute atomic E-state index is 0.0600. The van der Waals surface area contributed by atoms with E-state index in [1.807, 2.05) is 30.5 Å². The third kappa shape index (κ3) is 4.56. The van der Waals surface area contributed by atoms with Crippen LogP contribution in [0.2, 0.25) is 5.02 Å². The van der Waals surface area contributed by atoms with Crippen LogP contribution in [-0.4, -0.2) is 28.9 Å². The van der Waals surface area contributed by atoms with E-state index in [2.05, 4.69) is 15.2 Å². The van der Waals surface area contributed by atoms with Gasteiger partial charge in [-0.05, 0) is 50.6 Å². The normalized spacial score (nSPS) is 15.4. The molecule has 1 fully saturated rings. The van der Waals surface area contributed by atoms with Crippen molar-refractivity contribution in [1.82, 2.24) is 9.88 Å². The Morgan fingerprint density at radius 2 is 2.12 bits per heavy atom. The van der Waals surface area contributed by atoms with E-state index in [0.29, 0.717) is 11.4 Å². The van der Waals surface area contributed by atoms with Crippen LogP contribution in [-0.2, 0) is 17.8 Å². The van der Waals surface area contributed by atoms with Crippen LogP contribution >= 0.6 is 22.9 Å². The fourth-order valence-corrected chi connectivity index (χ4v) is 3.92. The molecule has 128 valence electrons. The van der Waals surface area contributed by atoms with Crippen LogP contribution in [0.15, 0.2) is 23.6 Å². The van der Waals surface area contributed by atoms with Crippen molar-refractivity contribution < 1.29 is 4.79 Å². The summed E-state index contributed by atoms with van der Waals surface area (Å²) in [5.74, 6) is -0.0600. The van der Waals surface area contributed by atoms with Crippen molar-refractivity contribution in [2.75, 3.05) is 18.4 Å². The Morgan fingerprint density at radius 3 is 2.92 bits per heavy atom. The number of carbonyl (C=O) groups excluding carboxylic acids is 1. The van der Waals surface area contributed by atoms with Gasteiger partial charge in [0.1, 0.15) is 5.01 Å². The van der Waals surface area contributed by atoms with E-state index in [0.717, 1.165) is 41.6 Å². The van der Waals surface area contributed by atoms with E-state index in [1.165, 1.54) is 19.3 Å². The quantitative estimate of drug-likeness (QED) is 0.862. The third-order valence-electron chi connectivity index (χ3n) is 4.29. The zero-order valence-electron chi connectivity index (χ0n) is 13.8. The number of likely N-dealkylation sites (tertiary alicyclic amines) is 1. The van der Waals surface area contributed by atoms with Gasteiger partial charge in [0, 0.05) is 16.1 Å². The van der Waals surface area contributed by atoms with Crippen LogP contribution in [0.25, 0.3) is 0 Å². The van der Waals surface area contributed by atoms with Crippen molar-refractivity contribution in [3.63, 3.8) is 0 Å². The lowest BCUT2D eigenvalue weighted by Crippen LogP contribution is -2.29. The molecule has 1 N–H and O–H groups in total. The average Bonchev–Trinajstić information content (AvgIpc) is 2.99. The number of aromatic nitrogens is 1. The first kappa shape index (κ1) is 17.4. The second-order valence-corrected chi connectivity index (χ2v) is 7.56. The lowest BCUT2D eigenvalue weighted by atomic mass is 10.1. The van der Waals surface area contributed by atoms with Gasteiger partial charge in [0.15, 0.2) is 0 Å². The van der Waals surface area contributed by atoms with E-state index in [-0.39, 0.29) is 5.91 Å². The molecular formula is C18H22ClN3OS. The molecular weight excluding hydrogens is 342 g/mol. The summed E-state index contributed by atoms with van der Waals surface area (Å²) < 4.78 is 0. The molecule has 0 spiro atoms. The van der Waals surface area contributed by atoms with Gasteiger partial charge in [0.25, 0.3) is 0 Å². The van der Waals surface area contributed by atoms with Gasteiger partial charge in [-0.3, -0.25) is 9.69 Å². The van der Waals surface area contributed by atoms with E-state index in [1.54, 1.807) is 11.3 Å². The van der Waals surface area contributed by atoms with Crippen molar-refractivity contribution in [3.8, 4) is 0 Å². The van der Waals surface area contributed by atoms with Gasteiger partial charge < -0.3 is 5.32 Å². The number of rotatable bonds is 5. The Labute approximate surface area is 151 Å². The summed E-state index contributed by atoms with van der Waals surface area (Å²) in [6, 6.07) is 5.52. The highest BCUT2D eigenvalue weighted by atomic mass is 35.5. The molecule has 1 aromatic heterocycles. The van der Waals surface area contributed by atoms with Crippen molar-refractivity contribution in [1.29, 1.82) is 0 Å². The lowest BCUT2D eigenvalue weighted by molar-refractivity contribution is -0.115. The number of hydrogen-bond acceptors (Lipinski definition) is 4. The number of benzene rings is 1. The third-order valence-corrected chi connectivity index (χ3v) is 5.58. The first-order chi connectivity index (χ1) is 11.6. The lowest BCUT2D eigenvalue weighted by Gasteiger charge is -2.25. The second kappa shape index (κ2) is 8.10. The molecule has 6 heteroatoms. The van der Waals surface area contributed by atoms with Gasteiger partial charge in [0.05, 0.1) is 18.7 Å². The molecule has 1 aromatic carbocycles. The summed E-state index contributed by atoms with van der Waals surface area (Å²) >= 11 is 7.73. The molecule has 1 saturated heterocycles. The Kier molecular flexibility index (Phi) is 5.87. The highest BCUT2D eigenvalue weighted by molar-refractivity contribution is 7.09. The highest BCUT2D eigenvalue weighted by Gasteiger charge is 2.14. The Morgan fingerprint density at radius 1 is 1.33 bits per heavy atom. The van der Waals surface area contributed by atoms with Crippen molar-refractivity contribution >= 4 is 34.5 Å². The SMILES string of the molecule is Cc1c(Cl)cccc1NC(=O)Cc1csc(CN2CCCCC2)n1. The maximum atomic E-state index is 12.2. The monoisotopic (exact) mass is 363 g/mol. The summed E-state index contributed by atoms with van der Waals surface area (Å²) in [4.78, 5) is 19.3. The molecule has 0 aliphatic carbocycles. The summed E-state index contributed by atoms with van der Waals surface area (Å²) in [6.07, 6.45) is 4.18. The number of carbonyl (C=O) groups is 1. The Hall–Kier alpha value is -1.43. The average molecular weight is 364 g/mol. The number of thiazole rings is 1. The molecule has 0 radical (unpaired) electrons. The fourth-order valence-electron chi connectivity index (χ4n) is 2.91. The summed E-state index contributed by atoms with van der Waals surface area (Å²) in [5.41, 5.74) is 2.48. The van der Waals surface area contributed by atoms with Crippen LogP contribution < -0.4 is 5.32 Å². The molecule has 3 rings (SSSR count). The van der Waals surface area contributed by atoms with Crippen LogP contribution in [0.5, 0.6) is 0 Å². The fraction of sp³-hybridized carbons (Fsp3) is 0.444. The summed E-state index contributed by atoms with van der Waals surface area (Å²) in [6.45, 7) is 5.12. The molecule has 1 aliphatic heterocycles. The minimum atomic E-state index is -0.0600. The molecule has 1 aliphatic rings. The van der Waals surface area contributed by atoms with Gasteiger partial charge in [-0.1, -0.05) is 24.1 Å². The van der Waals surface area contributed by atoms with Crippen molar-refractivity contribution in [3.05, 3.63) is 44.9 Å². The number of piperidine rings is 1. The van der Waals surface area contributed by atoms with Gasteiger partial charge >= 0.3 is 0 Å². The molecule has 24 heavy (non-hydrogen) atoms. The molecule has 1 amide bonds. The largest absolute Gasteiger partial charge is 0.325 e. The number of hydrogen-bond donors (Lipinski definition) is 1. The summed E-state index contributed by atoms with van der Waals surface area (Å²) in [7, 11) is 0. The number of nitrogens with zero attached hydrogens (tertiary/aromatic N) is 2. The van der Waals surface area contributed by atoms with E-state index in [9.17, 15) is 4.79 Å². The standard InChI is InChI=1S/C18H22ClN3OS/c1-13-15(19)6-5-7-16(13)21-17(23)10-14-12-24-18(20-14)11-22-8-3-2-4-9-22/h5-7,12H,2-4,8-11H2,1H3,(H,21,23). The molecule has 0 atom stereocenters. The predicted molar refractivity (Wildman–Crippen MR) is 99.8 cm³/mol. The number of amides is 1. The zero-order chi connectivity index (χ0) is 16.9. The maximum Gasteiger partial charge on any atom is 0.230 e. The number of anilines is 1. The maximum absolute atomic E-state index is 12.2. The molecule has 0 unspecified atom stereocenters. The van der Waals surface area contributed by atoms with Gasteiger partial charge in [0.2, 0.25) is 5.91 Å². The van der Waals surface area contributed by atoms with Crippen LogP contribution in [0.1, 0.15) is 35.5 Å². The van der Waals surface area contributed by atoms with Crippen molar-refractivity contribution in [2.45, 2.75) is 39.2 Å². The number of halogens is 1. The minimum Gasteiger partial charge on any atom is -0.325 e. The van der Waals surface area contributed by atoms with E-state index < -0.39 is 0 Å². The van der Waals surface area contributed by atoms with Crippen molar-refractivity contribution in [2.24, 2.45) is 0 Å². The Bertz CT molecular complexity index is 710. The topological polar surface area (TPSA) is 45.2 Å². The van der Waals surface area contributed by atoms with Crippen LogP contribution in [0.3, 0.4) is 0 Å². The molecule has 2 heterocycles.